The van der Waals surface area contributed by atoms with Gasteiger partial charge in [-0.15, -0.1) is 0 Å². The Morgan fingerprint density at radius 1 is 1.35 bits per heavy atom. The van der Waals surface area contributed by atoms with E-state index in [0.29, 0.717) is 0 Å². The van der Waals surface area contributed by atoms with Gasteiger partial charge in [-0.3, -0.25) is 4.79 Å². The summed E-state index contributed by atoms with van der Waals surface area (Å²) in [6.07, 6.45) is -2.58. The van der Waals surface area contributed by atoms with Crippen molar-refractivity contribution in [3.63, 3.8) is 0 Å². The Bertz CT molecular complexity index is 608. The van der Waals surface area contributed by atoms with Gasteiger partial charge in [0.05, 0.1) is 0 Å². The molecule has 0 aliphatic carbocycles. The van der Waals surface area contributed by atoms with E-state index >= 15 is 0 Å². The number of rotatable bonds is 5. The largest absolute Gasteiger partial charge is 0.402 e. The van der Waals surface area contributed by atoms with Gasteiger partial charge in [0.15, 0.2) is 0 Å². The maximum absolute atomic E-state index is 12.5. The van der Waals surface area contributed by atoms with Crippen LogP contribution in [0.2, 0.25) is 0 Å². The fourth-order valence-electron chi connectivity index (χ4n) is 1.60. The summed E-state index contributed by atoms with van der Waals surface area (Å²) in [7, 11) is -4.49. The number of hydrogen-bond acceptors (Lipinski definition) is 3. The number of nitrogens with zero attached hydrogens (tertiary/aromatic N) is 1. The molecule has 0 saturated carbocycles. The molecule has 0 aliphatic rings. The molecule has 0 aromatic carbocycles. The summed E-state index contributed by atoms with van der Waals surface area (Å²) >= 11 is 0. The van der Waals surface area contributed by atoms with Crippen LogP contribution >= 0.6 is 0 Å². The van der Waals surface area contributed by atoms with Crippen LogP contribution in [-0.2, 0) is 10.0 Å². The molecule has 0 radical (unpaired) electrons. The highest BCUT2D eigenvalue weighted by atomic mass is 32.2. The minimum atomic E-state index is -4.68. The number of alkyl halides is 3. The van der Waals surface area contributed by atoms with Crippen LogP contribution in [0.25, 0.3) is 0 Å². The molecule has 0 unspecified atom stereocenters. The van der Waals surface area contributed by atoms with Crippen molar-refractivity contribution >= 4 is 10.0 Å². The van der Waals surface area contributed by atoms with Crippen LogP contribution < -0.4 is 5.43 Å². The average molecular weight is 312 g/mol. The molecule has 0 amide bonds. The van der Waals surface area contributed by atoms with Crippen molar-refractivity contribution < 1.29 is 21.6 Å². The molecule has 0 spiro atoms. The van der Waals surface area contributed by atoms with E-state index < -0.39 is 33.1 Å². The molecule has 20 heavy (non-hydrogen) atoms. The highest BCUT2D eigenvalue weighted by Gasteiger charge is 2.38. The summed E-state index contributed by atoms with van der Waals surface area (Å²) in [5.74, 6) is -0.310. The Labute approximate surface area is 114 Å². The summed E-state index contributed by atoms with van der Waals surface area (Å²) in [6.45, 7) is 1.24. The van der Waals surface area contributed by atoms with Gasteiger partial charge in [-0.1, -0.05) is 13.8 Å². The Morgan fingerprint density at radius 3 is 2.40 bits per heavy atom. The van der Waals surface area contributed by atoms with Gasteiger partial charge >= 0.3 is 6.18 Å². The van der Waals surface area contributed by atoms with Gasteiger partial charge in [-0.05, 0) is 5.92 Å². The van der Waals surface area contributed by atoms with Crippen LogP contribution in [0.15, 0.2) is 28.2 Å². The van der Waals surface area contributed by atoms with E-state index in [4.69, 9.17) is 0 Å². The van der Waals surface area contributed by atoms with Gasteiger partial charge < -0.3 is 4.98 Å². The first-order chi connectivity index (χ1) is 9.04. The summed E-state index contributed by atoms with van der Waals surface area (Å²) in [4.78, 5) is 13.2. The first-order valence-electron chi connectivity index (χ1n) is 5.78. The maximum atomic E-state index is 12.5. The lowest BCUT2D eigenvalue weighted by molar-refractivity contribution is -0.136. The Morgan fingerprint density at radius 2 is 1.95 bits per heavy atom. The highest BCUT2D eigenvalue weighted by Crippen LogP contribution is 2.22. The van der Waals surface area contributed by atoms with Gasteiger partial charge in [0.1, 0.15) is 11.4 Å². The number of pyridine rings is 1. The van der Waals surface area contributed by atoms with Crippen molar-refractivity contribution in [2.24, 2.45) is 5.92 Å². The number of aromatic nitrogens is 1. The minimum absolute atomic E-state index is 0.280. The first-order valence-corrected chi connectivity index (χ1v) is 7.22. The van der Waals surface area contributed by atoms with Crippen LogP contribution in [0.4, 0.5) is 13.2 Å². The molecule has 0 bridgehead atoms. The minimum Gasteiger partial charge on any atom is -0.366 e. The molecule has 0 aliphatic heterocycles. The van der Waals surface area contributed by atoms with E-state index in [1.54, 1.807) is 13.8 Å². The second-order valence-corrected chi connectivity index (χ2v) is 6.59. The van der Waals surface area contributed by atoms with E-state index in [2.05, 4.69) is 4.98 Å². The van der Waals surface area contributed by atoms with E-state index in [-0.39, 0.29) is 16.8 Å². The molecule has 0 saturated heterocycles. The van der Waals surface area contributed by atoms with Crippen LogP contribution in [0, 0.1) is 5.92 Å². The third kappa shape index (κ3) is 4.34. The summed E-state index contributed by atoms with van der Waals surface area (Å²) in [5.41, 5.74) is -0.848. The van der Waals surface area contributed by atoms with Crippen LogP contribution in [0.1, 0.15) is 13.8 Å². The number of halogens is 3. The Kier molecular flexibility index (Phi) is 4.98. The molecule has 1 aromatic rings. The summed E-state index contributed by atoms with van der Waals surface area (Å²) < 4.78 is 62.2. The molecule has 1 N–H and O–H groups in total. The molecule has 9 heteroatoms. The summed E-state index contributed by atoms with van der Waals surface area (Å²) in [5, 5.41) is 0. The number of aromatic amines is 1. The standard InChI is InChI=1S/C11H15F3N2O3S/c1-8(2)6-16(7-11(12,13)14)20(18,19)10-5-15-4-3-9(10)17/h3-5,8H,6-7H2,1-2H3,(H,15,17). The Balaban J connectivity index is 3.25. The fourth-order valence-corrected chi connectivity index (χ4v) is 3.22. The SMILES string of the molecule is CC(C)CN(CC(F)(F)F)S(=O)(=O)c1c[nH]ccc1=O. The second-order valence-electron chi connectivity index (χ2n) is 4.68. The molecule has 0 fully saturated rings. The van der Waals surface area contributed by atoms with Gasteiger partial charge in [0.2, 0.25) is 15.5 Å². The molecule has 1 rings (SSSR count). The van der Waals surface area contributed by atoms with Crippen molar-refractivity contribution in [2.75, 3.05) is 13.1 Å². The molecule has 1 heterocycles. The molecule has 5 nitrogen and oxygen atoms in total. The van der Waals surface area contributed by atoms with E-state index in [1.807, 2.05) is 0 Å². The predicted molar refractivity (Wildman–Crippen MR) is 66.7 cm³/mol. The fraction of sp³-hybridized carbons (Fsp3) is 0.545. The second kappa shape index (κ2) is 5.96. The van der Waals surface area contributed by atoms with Crippen LogP contribution in [-0.4, -0.2) is 37.0 Å². The van der Waals surface area contributed by atoms with Crippen molar-refractivity contribution in [2.45, 2.75) is 24.9 Å². The lowest BCUT2D eigenvalue weighted by Gasteiger charge is -2.24. The predicted octanol–water partition coefficient (Wildman–Crippen LogP) is 1.58. The van der Waals surface area contributed by atoms with Gasteiger partial charge in [0.25, 0.3) is 0 Å². The van der Waals surface area contributed by atoms with Crippen molar-refractivity contribution in [3.8, 4) is 0 Å². The van der Waals surface area contributed by atoms with Crippen molar-refractivity contribution in [1.82, 2.24) is 9.29 Å². The molecular formula is C11H15F3N2O3S. The smallest absolute Gasteiger partial charge is 0.366 e. The number of sulfonamides is 1. The van der Waals surface area contributed by atoms with Gasteiger partial charge in [-0.25, -0.2) is 8.42 Å². The summed E-state index contributed by atoms with van der Waals surface area (Å²) in [6, 6.07) is 0.952. The van der Waals surface area contributed by atoms with E-state index in [9.17, 15) is 26.4 Å². The number of nitrogens with one attached hydrogen (secondary N) is 1. The quantitative estimate of drug-likeness (QED) is 0.897. The number of hydrogen-bond donors (Lipinski definition) is 1. The zero-order valence-electron chi connectivity index (χ0n) is 10.9. The first kappa shape index (κ1) is 16.7. The van der Waals surface area contributed by atoms with Crippen LogP contribution in [0.5, 0.6) is 0 Å². The van der Waals surface area contributed by atoms with E-state index in [0.717, 1.165) is 12.3 Å². The van der Waals surface area contributed by atoms with Crippen LogP contribution in [0.3, 0.4) is 0 Å². The molecular weight excluding hydrogens is 297 g/mol. The van der Waals surface area contributed by atoms with E-state index in [1.165, 1.54) is 6.20 Å². The zero-order valence-corrected chi connectivity index (χ0v) is 11.8. The monoisotopic (exact) mass is 312 g/mol. The van der Waals surface area contributed by atoms with Crippen molar-refractivity contribution in [1.29, 1.82) is 0 Å². The molecule has 0 atom stereocenters. The Hall–Kier alpha value is -1.35. The van der Waals surface area contributed by atoms with Gasteiger partial charge in [0, 0.05) is 25.0 Å². The highest BCUT2D eigenvalue weighted by molar-refractivity contribution is 7.89. The molecule has 1 aromatic heterocycles. The third-order valence-electron chi connectivity index (χ3n) is 2.33. The third-order valence-corrected chi connectivity index (χ3v) is 4.16. The maximum Gasteiger partial charge on any atom is 0.402 e. The topological polar surface area (TPSA) is 70.2 Å². The van der Waals surface area contributed by atoms with Crippen molar-refractivity contribution in [3.05, 3.63) is 28.7 Å². The number of H-pyrrole nitrogens is 1. The molecule has 114 valence electrons. The van der Waals surface area contributed by atoms with Gasteiger partial charge in [-0.2, -0.15) is 17.5 Å². The zero-order chi connectivity index (χ0) is 15.6. The lowest BCUT2D eigenvalue weighted by Crippen LogP contribution is -2.42. The average Bonchev–Trinajstić information content (AvgIpc) is 2.25. The normalized spacial score (nSPS) is 13.2. The lowest BCUT2D eigenvalue weighted by atomic mass is 10.2.